The van der Waals surface area contributed by atoms with E-state index in [4.69, 9.17) is 4.74 Å². The number of rotatable bonds is 9. The first kappa shape index (κ1) is 23.7. The third kappa shape index (κ3) is 5.70. The lowest BCUT2D eigenvalue weighted by Crippen LogP contribution is -2.17. The van der Waals surface area contributed by atoms with Crippen LogP contribution in [0.5, 0.6) is 0 Å². The second kappa shape index (κ2) is 10.2. The Labute approximate surface area is 199 Å². The maximum atomic E-state index is 12.4. The van der Waals surface area contributed by atoms with Crippen molar-refractivity contribution in [2.75, 3.05) is 24.4 Å². The first-order chi connectivity index (χ1) is 16.4. The van der Waals surface area contributed by atoms with Gasteiger partial charge in [-0.05, 0) is 32.8 Å². The fourth-order valence-corrected chi connectivity index (χ4v) is 4.62. The Balaban J connectivity index is 1.54. The van der Waals surface area contributed by atoms with Crippen molar-refractivity contribution in [3.63, 3.8) is 0 Å². The summed E-state index contributed by atoms with van der Waals surface area (Å²) in [5.41, 5.74) is 2.17. The van der Waals surface area contributed by atoms with Crippen LogP contribution < -0.4 is 10.6 Å². The summed E-state index contributed by atoms with van der Waals surface area (Å²) < 4.78 is 30.9. The van der Waals surface area contributed by atoms with Crippen molar-refractivity contribution in [3.05, 3.63) is 42.5 Å². The molecule has 1 aliphatic carbocycles. The van der Waals surface area contributed by atoms with Gasteiger partial charge < -0.3 is 15.4 Å². The fourth-order valence-electron chi connectivity index (χ4n) is 3.14. The average molecular weight is 482 g/mol. The van der Waals surface area contributed by atoms with Gasteiger partial charge in [-0.3, -0.25) is 0 Å². The zero-order chi connectivity index (χ0) is 24.1. The Morgan fingerprint density at radius 3 is 2.79 bits per heavy atom. The Hall–Kier alpha value is -3.49. The van der Waals surface area contributed by atoms with Gasteiger partial charge in [-0.15, -0.1) is 0 Å². The van der Waals surface area contributed by atoms with E-state index < -0.39 is 10.0 Å². The zero-order valence-electron chi connectivity index (χ0n) is 19.3. The van der Waals surface area contributed by atoms with E-state index in [1.807, 2.05) is 6.07 Å². The van der Waals surface area contributed by atoms with Gasteiger partial charge in [-0.25, -0.2) is 23.4 Å². The van der Waals surface area contributed by atoms with Crippen LogP contribution in [0.15, 0.2) is 36.9 Å². The third-order valence-corrected chi connectivity index (χ3v) is 6.97. The lowest BCUT2D eigenvalue weighted by atomic mass is 10.2. The van der Waals surface area contributed by atoms with Crippen molar-refractivity contribution in [2.45, 2.75) is 44.4 Å². The molecule has 0 radical (unpaired) electrons. The van der Waals surface area contributed by atoms with Gasteiger partial charge >= 0.3 is 0 Å². The van der Waals surface area contributed by atoms with Crippen LogP contribution in [-0.4, -0.2) is 57.6 Å². The van der Waals surface area contributed by atoms with Crippen molar-refractivity contribution in [1.82, 2.24) is 24.1 Å². The molecule has 0 aliphatic heterocycles. The van der Waals surface area contributed by atoms with Crippen LogP contribution in [0.25, 0.3) is 11.4 Å². The van der Waals surface area contributed by atoms with Crippen molar-refractivity contribution < 1.29 is 13.2 Å². The molecule has 10 nitrogen and oxygen atoms in total. The molecule has 3 heterocycles. The van der Waals surface area contributed by atoms with Gasteiger partial charge in [0.1, 0.15) is 11.6 Å². The summed E-state index contributed by atoms with van der Waals surface area (Å²) >= 11 is 0. The highest BCUT2D eigenvalue weighted by Gasteiger charge is 2.37. The minimum atomic E-state index is -3.44. The highest BCUT2D eigenvalue weighted by Crippen LogP contribution is 2.30. The van der Waals surface area contributed by atoms with E-state index >= 15 is 0 Å². The van der Waals surface area contributed by atoms with E-state index in [1.165, 1.54) is 12.4 Å². The number of hydrogen-bond donors (Lipinski definition) is 2. The highest BCUT2D eigenvalue weighted by molar-refractivity contribution is 7.90. The number of ether oxygens (including phenoxy) is 1. The van der Waals surface area contributed by atoms with Gasteiger partial charge in [-0.1, -0.05) is 11.8 Å². The molecule has 3 aromatic rings. The quantitative estimate of drug-likeness (QED) is 0.350. The summed E-state index contributed by atoms with van der Waals surface area (Å²) in [5, 5.41) is 10.2. The van der Waals surface area contributed by atoms with Crippen molar-refractivity contribution >= 4 is 27.3 Å². The van der Waals surface area contributed by atoms with E-state index in [9.17, 15) is 8.42 Å². The van der Waals surface area contributed by atoms with Gasteiger partial charge in [-0.2, -0.15) is 9.19 Å². The van der Waals surface area contributed by atoms with E-state index in [0.717, 1.165) is 15.3 Å². The number of nitrogens with one attached hydrogen (secondary N) is 2. The molecule has 0 saturated heterocycles. The van der Waals surface area contributed by atoms with Gasteiger partial charge in [0.2, 0.25) is 0 Å². The van der Waals surface area contributed by atoms with Gasteiger partial charge in [0.15, 0.2) is 5.82 Å². The largest absolute Gasteiger partial charge is 0.384 e. The topological polar surface area (TPSA) is 124 Å². The second-order valence-corrected chi connectivity index (χ2v) is 10.3. The Morgan fingerprint density at radius 2 is 2.06 bits per heavy atom. The van der Waals surface area contributed by atoms with Gasteiger partial charge in [0.25, 0.3) is 10.0 Å². The monoisotopic (exact) mass is 481 g/mol. The fraction of sp³-hybridized carbons (Fsp3) is 0.391. The molecule has 0 amide bonds. The van der Waals surface area contributed by atoms with E-state index in [-0.39, 0.29) is 11.3 Å². The molecule has 0 unspecified atom stereocenters. The number of pyridine rings is 1. The smallest absolute Gasteiger partial charge is 0.256 e. The summed E-state index contributed by atoms with van der Waals surface area (Å²) in [6.45, 7) is 4.68. The number of anilines is 3. The Morgan fingerprint density at radius 1 is 1.24 bits per heavy atom. The summed E-state index contributed by atoms with van der Waals surface area (Å²) in [6.07, 6.45) is 8.20. The summed E-state index contributed by atoms with van der Waals surface area (Å²) in [6, 6.07) is 3.80. The first-order valence-corrected chi connectivity index (χ1v) is 12.5. The number of aromatic nitrogens is 5. The molecule has 2 N–H and O–H groups in total. The van der Waals surface area contributed by atoms with Crippen LogP contribution >= 0.6 is 0 Å². The van der Waals surface area contributed by atoms with Crippen LogP contribution in [0, 0.1) is 11.8 Å². The molecule has 1 saturated carbocycles. The molecule has 0 atom stereocenters. The predicted molar refractivity (Wildman–Crippen MR) is 130 cm³/mol. The van der Waals surface area contributed by atoms with Crippen LogP contribution in [0.1, 0.15) is 38.7 Å². The molecule has 0 spiro atoms. The normalized spacial score (nSPS) is 13.4. The molecule has 3 aromatic heterocycles. The highest BCUT2D eigenvalue weighted by atomic mass is 32.2. The number of methoxy groups -OCH3 is 1. The molecule has 1 fully saturated rings. The number of nitrogens with zero attached hydrogens (tertiary/aromatic N) is 5. The van der Waals surface area contributed by atoms with Crippen LogP contribution in [0.2, 0.25) is 0 Å². The SMILES string of the molecule is COCCC#Cc1cnc(Nc2ccnc(-c3cnn(S(=O)(=O)C4CC4)c3)n2)cc1NC(C)C. The molecule has 1 aliphatic rings. The van der Waals surface area contributed by atoms with Crippen LogP contribution in [0.4, 0.5) is 17.3 Å². The predicted octanol–water partition coefficient (Wildman–Crippen LogP) is 3.03. The third-order valence-electron chi connectivity index (χ3n) is 4.94. The molecule has 4 rings (SSSR count). The standard InChI is InChI=1S/C23H27N7O3S/c1-16(2)27-20-12-22(25-13-17(20)6-4-5-11-33-3)28-21-9-10-24-23(29-21)18-14-26-30(15-18)34(31,32)19-7-8-19/h9-10,12-16,19H,5,7-8,11H2,1-3H3,(H2,24,25,27,28,29). The maximum Gasteiger partial charge on any atom is 0.256 e. The molecule has 0 bridgehead atoms. The van der Waals surface area contributed by atoms with Crippen LogP contribution in [-0.2, 0) is 14.8 Å². The van der Waals surface area contributed by atoms with Crippen molar-refractivity contribution in [1.29, 1.82) is 0 Å². The molecular weight excluding hydrogens is 454 g/mol. The number of hydrogen-bond acceptors (Lipinski definition) is 9. The van der Waals surface area contributed by atoms with Gasteiger partial charge in [0.05, 0.1) is 41.1 Å². The molecule has 178 valence electrons. The van der Waals surface area contributed by atoms with E-state index in [1.54, 1.807) is 25.6 Å². The second-order valence-electron chi connectivity index (χ2n) is 8.20. The molecular formula is C23H27N7O3S. The van der Waals surface area contributed by atoms with E-state index in [0.29, 0.717) is 48.9 Å². The lowest BCUT2D eigenvalue weighted by molar-refractivity contribution is 0.206. The first-order valence-electron chi connectivity index (χ1n) is 11.0. The summed E-state index contributed by atoms with van der Waals surface area (Å²) in [7, 11) is -1.79. The zero-order valence-corrected chi connectivity index (χ0v) is 20.1. The minimum Gasteiger partial charge on any atom is -0.384 e. The Bertz CT molecular complexity index is 1320. The summed E-state index contributed by atoms with van der Waals surface area (Å²) in [5.74, 6) is 7.69. The molecule has 34 heavy (non-hydrogen) atoms. The van der Waals surface area contributed by atoms with Crippen molar-refractivity contribution in [2.24, 2.45) is 0 Å². The van der Waals surface area contributed by atoms with E-state index in [2.05, 4.69) is 56.4 Å². The maximum absolute atomic E-state index is 12.4. The average Bonchev–Trinajstić information content (AvgIpc) is 3.55. The minimum absolute atomic E-state index is 0.212. The molecule has 11 heteroatoms. The molecule has 0 aromatic carbocycles. The lowest BCUT2D eigenvalue weighted by Gasteiger charge is -2.14. The Kier molecular flexibility index (Phi) is 7.09. The van der Waals surface area contributed by atoms with Crippen molar-refractivity contribution in [3.8, 4) is 23.2 Å². The van der Waals surface area contributed by atoms with Crippen LogP contribution in [0.3, 0.4) is 0 Å². The summed E-state index contributed by atoms with van der Waals surface area (Å²) in [4.78, 5) is 13.2. The van der Waals surface area contributed by atoms with Gasteiger partial charge in [0, 0.05) is 38.0 Å².